The molecule has 0 aliphatic heterocycles. The van der Waals surface area contributed by atoms with E-state index in [0.29, 0.717) is 29.0 Å². The summed E-state index contributed by atoms with van der Waals surface area (Å²) in [5.74, 6) is -1.37. The number of hydrogen-bond acceptors (Lipinski definition) is 8. The van der Waals surface area contributed by atoms with E-state index in [-0.39, 0.29) is 46.6 Å². The molecule has 1 amide bonds. The monoisotopic (exact) mass is 665 g/mol. The maximum atomic E-state index is 12.9. The largest absolute Gasteiger partial charge is 0.507 e. The minimum Gasteiger partial charge on any atom is -0.507 e. The summed E-state index contributed by atoms with van der Waals surface area (Å²) in [4.78, 5) is 50.7. The molecule has 0 fully saturated rings. The van der Waals surface area contributed by atoms with Gasteiger partial charge in [0.25, 0.3) is 0 Å². The molecule has 0 saturated heterocycles. The number of anilines is 1. The van der Waals surface area contributed by atoms with Crippen molar-refractivity contribution >= 4 is 40.9 Å². The van der Waals surface area contributed by atoms with E-state index in [1.54, 1.807) is 36.4 Å². The molecule has 10 heteroatoms. The van der Waals surface area contributed by atoms with Gasteiger partial charge in [-0.05, 0) is 65.8 Å². The van der Waals surface area contributed by atoms with Crippen molar-refractivity contribution in [2.45, 2.75) is 85.0 Å². The number of rotatable bonds is 13. The minimum atomic E-state index is -0.675. The van der Waals surface area contributed by atoms with Crippen LogP contribution < -0.4 is 14.8 Å². The molecule has 0 saturated carbocycles. The first-order valence-corrected chi connectivity index (χ1v) is 16.0. The Morgan fingerprint density at radius 1 is 0.809 bits per heavy atom. The van der Waals surface area contributed by atoms with E-state index in [9.17, 15) is 24.3 Å². The first-order chi connectivity index (χ1) is 22.0. The second-order valence-corrected chi connectivity index (χ2v) is 13.7. The van der Waals surface area contributed by atoms with Crippen LogP contribution in [0.5, 0.6) is 17.2 Å². The van der Waals surface area contributed by atoms with Crippen molar-refractivity contribution in [1.82, 2.24) is 0 Å². The average Bonchev–Trinajstić information content (AvgIpc) is 2.98. The number of carbonyl (C=O) groups is 4. The zero-order valence-electron chi connectivity index (χ0n) is 28.1. The number of benzene rings is 3. The molecule has 0 aromatic heterocycles. The summed E-state index contributed by atoms with van der Waals surface area (Å²) in [5.41, 5.74) is 1.19. The zero-order valence-corrected chi connectivity index (χ0v) is 28.9. The number of Topliss-reactive ketones (excluding diaryl/α,β-unsaturated/α-hetero) is 1. The Morgan fingerprint density at radius 3 is 1.98 bits per heavy atom. The van der Waals surface area contributed by atoms with E-state index >= 15 is 0 Å². The fourth-order valence-electron chi connectivity index (χ4n) is 4.57. The van der Waals surface area contributed by atoms with Crippen LogP contribution in [-0.4, -0.2) is 41.9 Å². The molecule has 252 valence electrons. The van der Waals surface area contributed by atoms with Crippen LogP contribution in [0.1, 0.15) is 106 Å². The number of halogens is 1. The molecule has 3 aromatic carbocycles. The summed E-state index contributed by atoms with van der Waals surface area (Å²) in [5, 5.41) is 13.7. The molecule has 0 atom stereocenters. The van der Waals surface area contributed by atoms with Gasteiger partial charge in [-0.1, -0.05) is 66.5 Å². The third-order valence-electron chi connectivity index (χ3n) is 7.21. The van der Waals surface area contributed by atoms with Gasteiger partial charge in [0.2, 0.25) is 5.91 Å². The van der Waals surface area contributed by atoms with Crippen molar-refractivity contribution in [3.63, 3.8) is 0 Å². The third kappa shape index (κ3) is 10.8. The fourth-order valence-corrected chi connectivity index (χ4v) is 4.73. The van der Waals surface area contributed by atoms with Gasteiger partial charge in [0.15, 0.2) is 5.78 Å². The average molecular weight is 666 g/mol. The number of aromatic hydroxyl groups is 1. The number of carbonyl (C=O) groups excluding carboxylic acids is 4. The van der Waals surface area contributed by atoms with Crippen LogP contribution in [0.3, 0.4) is 0 Å². The van der Waals surface area contributed by atoms with E-state index < -0.39 is 35.1 Å². The highest BCUT2D eigenvalue weighted by Crippen LogP contribution is 2.40. The van der Waals surface area contributed by atoms with Gasteiger partial charge >= 0.3 is 11.9 Å². The van der Waals surface area contributed by atoms with Crippen molar-refractivity contribution in [2.75, 3.05) is 18.5 Å². The van der Waals surface area contributed by atoms with Gasteiger partial charge in [-0.25, -0.2) is 4.79 Å². The highest BCUT2D eigenvalue weighted by Gasteiger charge is 2.28. The summed E-state index contributed by atoms with van der Waals surface area (Å²) in [6.45, 7) is 14.1. The topological polar surface area (TPSA) is 128 Å². The number of esters is 2. The molecule has 0 spiro atoms. The van der Waals surface area contributed by atoms with Crippen LogP contribution in [-0.2, 0) is 25.2 Å². The number of ether oxygens (including phenoxy) is 3. The number of phenols is 1. The Kier molecular flexibility index (Phi) is 12.6. The van der Waals surface area contributed by atoms with Gasteiger partial charge in [0.1, 0.15) is 23.9 Å². The van der Waals surface area contributed by atoms with Crippen LogP contribution in [0.15, 0.2) is 54.6 Å². The fraction of sp³-hybridized carbons (Fsp3) is 0.405. The molecule has 0 bridgehead atoms. The summed E-state index contributed by atoms with van der Waals surface area (Å²) < 4.78 is 16.3. The quantitative estimate of drug-likeness (QED) is 0.0615. The van der Waals surface area contributed by atoms with Crippen molar-refractivity contribution < 1.29 is 38.5 Å². The number of ketones is 1. The molecule has 0 heterocycles. The molecule has 9 nitrogen and oxygen atoms in total. The molecule has 0 aliphatic rings. The molecular formula is C37H44ClNO8. The van der Waals surface area contributed by atoms with Crippen LogP contribution in [0.2, 0.25) is 5.02 Å². The zero-order chi connectivity index (χ0) is 34.9. The minimum absolute atomic E-state index is 0.106. The number of unbranched alkanes of at least 4 members (excludes halogenated alkanes) is 1. The molecule has 0 radical (unpaired) electrons. The number of amides is 1. The molecule has 3 aromatic rings. The number of hydrogen-bond donors (Lipinski definition) is 2. The Labute approximate surface area is 281 Å². The highest BCUT2D eigenvalue weighted by molar-refractivity contribution is 6.34. The van der Waals surface area contributed by atoms with Gasteiger partial charge in [-0.15, -0.1) is 0 Å². The van der Waals surface area contributed by atoms with E-state index in [1.165, 1.54) is 18.2 Å². The lowest BCUT2D eigenvalue weighted by Gasteiger charge is -2.27. The molecule has 0 unspecified atom stereocenters. The molecule has 47 heavy (non-hydrogen) atoms. The molecule has 2 N–H and O–H groups in total. The first-order valence-electron chi connectivity index (χ1n) is 15.6. The lowest BCUT2D eigenvalue weighted by molar-refractivity contribution is -0.135. The Bertz CT molecular complexity index is 1570. The smallest absolute Gasteiger partial charge is 0.338 e. The number of nitrogens with one attached hydrogen (secondary N) is 1. The predicted molar refractivity (Wildman–Crippen MR) is 182 cm³/mol. The molecule has 0 aliphatic carbocycles. The molecule has 3 rings (SSSR count). The summed E-state index contributed by atoms with van der Waals surface area (Å²) in [6, 6.07) is 14.1. The van der Waals surface area contributed by atoms with Crippen molar-refractivity contribution in [1.29, 1.82) is 0 Å². The Morgan fingerprint density at radius 2 is 1.40 bits per heavy atom. The third-order valence-corrected chi connectivity index (χ3v) is 7.54. The second-order valence-electron chi connectivity index (χ2n) is 13.3. The van der Waals surface area contributed by atoms with Crippen LogP contribution in [0.4, 0.5) is 5.69 Å². The highest BCUT2D eigenvalue weighted by atomic mass is 35.5. The first kappa shape index (κ1) is 37.1. The van der Waals surface area contributed by atoms with Crippen molar-refractivity contribution in [3.05, 3.63) is 81.9 Å². The van der Waals surface area contributed by atoms with Gasteiger partial charge in [0, 0.05) is 22.8 Å². The second kappa shape index (κ2) is 16.0. The maximum Gasteiger partial charge on any atom is 0.338 e. The van der Waals surface area contributed by atoms with Gasteiger partial charge in [-0.2, -0.15) is 0 Å². The van der Waals surface area contributed by atoms with E-state index in [1.807, 2.05) is 41.5 Å². The number of phenolic OH excluding ortho intramolecular Hbond substituents is 1. The van der Waals surface area contributed by atoms with Crippen LogP contribution >= 0.6 is 11.6 Å². The van der Waals surface area contributed by atoms with E-state index in [0.717, 1.165) is 12.8 Å². The normalized spacial score (nSPS) is 11.5. The van der Waals surface area contributed by atoms with Crippen molar-refractivity contribution in [2.24, 2.45) is 0 Å². The maximum absolute atomic E-state index is 12.9. The lowest BCUT2D eigenvalue weighted by atomic mass is 9.78. The Balaban J connectivity index is 1.56. The van der Waals surface area contributed by atoms with Crippen LogP contribution in [0.25, 0.3) is 0 Å². The van der Waals surface area contributed by atoms with Gasteiger partial charge in [0.05, 0.1) is 35.7 Å². The lowest BCUT2D eigenvalue weighted by Crippen LogP contribution is -2.20. The summed E-state index contributed by atoms with van der Waals surface area (Å²) in [7, 11) is 0. The Hall–Kier alpha value is -4.37. The van der Waals surface area contributed by atoms with E-state index in [2.05, 4.69) is 12.2 Å². The summed E-state index contributed by atoms with van der Waals surface area (Å²) in [6.07, 6.45) is 1.29. The predicted octanol–water partition coefficient (Wildman–Crippen LogP) is 8.18. The van der Waals surface area contributed by atoms with Gasteiger partial charge in [-0.3, -0.25) is 14.4 Å². The van der Waals surface area contributed by atoms with E-state index in [4.69, 9.17) is 25.8 Å². The standard InChI is InChI=1S/C37H44ClNO8/c1-8-9-17-45-25-12-10-23(11-13-25)31(40)22-32(41)39-30-21-26(14-15-29(30)38)47-33(42)16-18-46-35(44)24-19-27(36(2,3)4)34(43)28(20-24)37(5,6)7/h10-15,19-21,43H,8-9,16-18,22H2,1-7H3,(H,39,41). The SMILES string of the molecule is CCCCOc1ccc(C(=O)CC(=O)Nc2cc(OC(=O)CCOC(=O)c3cc(C(C)(C)C)c(O)c(C(C)(C)C)c3)ccc2Cl)cc1. The summed E-state index contributed by atoms with van der Waals surface area (Å²) >= 11 is 6.24. The molecular weight excluding hydrogens is 622 g/mol. The van der Waals surface area contributed by atoms with Gasteiger partial charge < -0.3 is 24.6 Å². The van der Waals surface area contributed by atoms with Crippen LogP contribution in [0, 0.1) is 0 Å². The van der Waals surface area contributed by atoms with Crippen molar-refractivity contribution in [3.8, 4) is 17.2 Å².